The predicted octanol–water partition coefficient (Wildman–Crippen LogP) is 1.95. The highest BCUT2D eigenvalue weighted by Crippen LogP contribution is 2.17. The number of hydrogen-bond acceptors (Lipinski definition) is 5. The van der Waals surface area contributed by atoms with Gasteiger partial charge in [-0.1, -0.05) is 0 Å². The highest BCUT2D eigenvalue weighted by Gasteiger charge is 2.29. The van der Waals surface area contributed by atoms with Crippen molar-refractivity contribution in [3.05, 3.63) is 21.9 Å². The number of primary amides is 1. The second kappa shape index (κ2) is 6.66. The topological polar surface area (TPSA) is 84.7 Å². The molecule has 0 radical (unpaired) electrons. The summed E-state index contributed by atoms with van der Waals surface area (Å²) in [4.78, 5) is 25.8. The summed E-state index contributed by atoms with van der Waals surface area (Å²) in [6.07, 6.45) is 0.636. The summed E-state index contributed by atoms with van der Waals surface area (Å²) >= 11 is 1.51. The van der Waals surface area contributed by atoms with Gasteiger partial charge in [-0.3, -0.25) is 4.79 Å². The Morgan fingerprint density at radius 3 is 2.82 bits per heavy atom. The van der Waals surface area contributed by atoms with Gasteiger partial charge < -0.3 is 20.7 Å². The van der Waals surface area contributed by atoms with Gasteiger partial charge in [0.1, 0.15) is 5.60 Å². The van der Waals surface area contributed by atoms with Crippen LogP contribution in [0.15, 0.2) is 11.4 Å². The van der Waals surface area contributed by atoms with Gasteiger partial charge in [-0.25, -0.2) is 4.79 Å². The molecule has 2 rings (SSSR count). The van der Waals surface area contributed by atoms with Gasteiger partial charge in [-0.15, -0.1) is 11.3 Å². The molecule has 1 saturated heterocycles. The minimum atomic E-state index is -0.468. The summed E-state index contributed by atoms with van der Waals surface area (Å²) in [6.45, 7) is 7.61. The van der Waals surface area contributed by atoms with Crippen molar-refractivity contribution in [3.63, 3.8) is 0 Å². The van der Waals surface area contributed by atoms with Crippen molar-refractivity contribution in [1.82, 2.24) is 10.2 Å². The maximum atomic E-state index is 12.0. The van der Waals surface area contributed by atoms with E-state index in [9.17, 15) is 9.59 Å². The van der Waals surface area contributed by atoms with Crippen molar-refractivity contribution >= 4 is 23.3 Å². The molecule has 1 aromatic heterocycles. The lowest BCUT2D eigenvalue weighted by atomic mass is 10.2. The molecule has 0 saturated carbocycles. The Bertz CT molecular complexity index is 550. The van der Waals surface area contributed by atoms with Gasteiger partial charge in [-0.2, -0.15) is 0 Å². The zero-order chi connectivity index (χ0) is 16.3. The fourth-order valence-corrected chi connectivity index (χ4v) is 3.09. The van der Waals surface area contributed by atoms with Gasteiger partial charge in [0.15, 0.2) is 0 Å². The summed E-state index contributed by atoms with van der Waals surface area (Å²) < 4.78 is 5.37. The van der Waals surface area contributed by atoms with E-state index in [1.807, 2.05) is 20.8 Å². The van der Waals surface area contributed by atoms with Gasteiger partial charge in [0, 0.05) is 35.9 Å². The molecule has 1 aromatic rings. The van der Waals surface area contributed by atoms with E-state index < -0.39 is 11.5 Å². The Morgan fingerprint density at radius 2 is 2.23 bits per heavy atom. The van der Waals surface area contributed by atoms with E-state index in [2.05, 4.69) is 5.32 Å². The molecule has 0 bridgehead atoms. The van der Waals surface area contributed by atoms with Crippen LogP contribution in [0.25, 0.3) is 0 Å². The third-order valence-electron chi connectivity index (χ3n) is 3.34. The van der Waals surface area contributed by atoms with Crippen LogP contribution in [0.5, 0.6) is 0 Å². The Hall–Kier alpha value is -1.60. The highest BCUT2D eigenvalue weighted by molar-refractivity contribution is 7.10. The van der Waals surface area contributed by atoms with Crippen LogP contribution in [0.1, 0.15) is 42.4 Å². The molecular weight excluding hydrogens is 302 g/mol. The highest BCUT2D eigenvalue weighted by atomic mass is 32.1. The molecule has 7 heteroatoms. The first-order chi connectivity index (χ1) is 10.2. The van der Waals surface area contributed by atoms with E-state index in [1.54, 1.807) is 16.3 Å². The number of likely N-dealkylation sites (tertiary alicyclic amines) is 1. The molecular formula is C15H23N3O3S. The maximum absolute atomic E-state index is 12.0. The molecule has 2 amide bonds. The minimum Gasteiger partial charge on any atom is -0.444 e. The van der Waals surface area contributed by atoms with Crippen LogP contribution in [0.2, 0.25) is 0 Å². The quantitative estimate of drug-likeness (QED) is 0.886. The van der Waals surface area contributed by atoms with Crippen LogP contribution in [0.3, 0.4) is 0 Å². The Balaban J connectivity index is 1.78. The van der Waals surface area contributed by atoms with Gasteiger partial charge in [0.2, 0.25) is 5.91 Å². The van der Waals surface area contributed by atoms with Gasteiger partial charge in [0.05, 0.1) is 5.56 Å². The van der Waals surface area contributed by atoms with Crippen LogP contribution in [0, 0.1) is 0 Å². The van der Waals surface area contributed by atoms with Gasteiger partial charge in [-0.05, 0) is 33.3 Å². The van der Waals surface area contributed by atoms with E-state index >= 15 is 0 Å². The van der Waals surface area contributed by atoms with E-state index in [-0.39, 0.29) is 12.1 Å². The Kier molecular flexibility index (Phi) is 5.08. The minimum absolute atomic E-state index is 0.242. The molecule has 122 valence electrons. The third kappa shape index (κ3) is 4.71. The third-order valence-corrected chi connectivity index (χ3v) is 4.28. The Labute approximate surface area is 134 Å². The number of carbonyl (C=O) groups is 2. The normalized spacial score (nSPS) is 18.5. The lowest BCUT2D eigenvalue weighted by Gasteiger charge is -2.24. The fraction of sp³-hybridized carbons (Fsp3) is 0.600. The molecule has 22 heavy (non-hydrogen) atoms. The van der Waals surface area contributed by atoms with Crippen molar-refractivity contribution in [1.29, 1.82) is 0 Å². The van der Waals surface area contributed by atoms with E-state index in [0.29, 0.717) is 25.2 Å². The van der Waals surface area contributed by atoms with Crippen molar-refractivity contribution in [2.24, 2.45) is 5.73 Å². The summed E-state index contributed by atoms with van der Waals surface area (Å²) in [5, 5.41) is 5.17. The smallest absolute Gasteiger partial charge is 0.410 e. The molecule has 1 fully saturated rings. The number of nitrogens with two attached hydrogens (primary N) is 1. The number of amides is 2. The van der Waals surface area contributed by atoms with Crippen LogP contribution < -0.4 is 11.1 Å². The summed E-state index contributed by atoms with van der Waals surface area (Å²) in [5.74, 6) is -0.403. The van der Waals surface area contributed by atoms with Crippen LogP contribution in [-0.2, 0) is 11.3 Å². The molecule has 6 nitrogen and oxygen atoms in total. The molecule has 1 aliphatic rings. The summed E-state index contributed by atoms with van der Waals surface area (Å²) in [5.41, 5.74) is 5.31. The standard InChI is InChI=1S/C15H23N3O3S/c1-15(2,3)21-14(20)18-5-4-11(8-18)17-7-12-6-10(9-22-12)13(16)19/h6,9,11,17H,4-5,7-8H2,1-3H3,(H2,16,19). The number of rotatable bonds is 4. The molecule has 1 atom stereocenters. The molecule has 1 aliphatic heterocycles. The van der Waals surface area contributed by atoms with E-state index in [4.69, 9.17) is 10.5 Å². The number of hydrogen-bond donors (Lipinski definition) is 2. The molecule has 0 spiro atoms. The molecule has 2 heterocycles. The average Bonchev–Trinajstić information content (AvgIpc) is 3.04. The van der Waals surface area contributed by atoms with Crippen LogP contribution in [-0.4, -0.2) is 41.6 Å². The Morgan fingerprint density at radius 1 is 1.50 bits per heavy atom. The summed E-state index contributed by atoms with van der Waals surface area (Å²) in [6, 6.07) is 2.05. The number of nitrogens with zero attached hydrogens (tertiary/aromatic N) is 1. The van der Waals surface area contributed by atoms with Gasteiger partial charge in [0.25, 0.3) is 0 Å². The van der Waals surface area contributed by atoms with Crippen molar-refractivity contribution in [2.45, 2.75) is 45.4 Å². The van der Waals surface area contributed by atoms with E-state index in [0.717, 1.165) is 11.3 Å². The molecule has 0 aliphatic carbocycles. The van der Waals surface area contributed by atoms with E-state index in [1.165, 1.54) is 11.3 Å². The second-order valence-electron chi connectivity index (χ2n) is 6.46. The first-order valence-electron chi connectivity index (χ1n) is 7.33. The maximum Gasteiger partial charge on any atom is 0.410 e. The summed E-state index contributed by atoms with van der Waals surface area (Å²) in [7, 11) is 0. The largest absolute Gasteiger partial charge is 0.444 e. The lowest BCUT2D eigenvalue weighted by molar-refractivity contribution is 0.0291. The van der Waals surface area contributed by atoms with Crippen LogP contribution >= 0.6 is 11.3 Å². The SMILES string of the molecule is CC(C)(C)OC(=O)N1CCC(NCc2cc(C(N)=O)cs2)C1. The van der Waals surface area contributed by atoms with Crippen molar-refractivity contribution in [2.75, 3.05) is 13.1 Å². The molecule has 1 unspecified atom stereocenters. The number of carbonyl (C=O) groups excluding carboxylic acids is 2. The fourth-order valence-electron chi connectivity index (χ4n) is 2.27. The van der Waals surface area contributed by atoms with Gasteiger partial charge >= 0.3 is 6.09 Å². The van der Waals surface area contributed by atoms with Crippen molar-refractivity contribution < 1.29 is 14.3 Å². The zero-order valence-electron chi connectivity index (χ0n) is 13.2. The van der Waals surface area contributed by atoms with Crippen LogP contribution in [0.4, 0.5) is 4.79 Å². The second-order valence-corrected chi connectivity index (χ2v) is 7.45. The lowest BCUT2D eigenvalue weighted by Crippen LogP contribution is -2.38. The van der Waals surface area contributed by atoms with Crippen molar-refractivity contribution in [3.8, 4) is 0 Å². The number of nitrogens with one attached hydrogen (secondary N) is 1. The monoisotopic (exact) mass is 325 g/mol. The molecule has 0 aromatic carbocycles. The zero-order valence-corrected chi connectivity index (χ0v) is 14.0. The first-order valence-corrected chi connectivity index (χ1v) is 8.21. The number of ether oxygens (including phenoxy) is 1. The predicted molar refractivity (Wildman–Crippen MR) is 85.9 cm³/mol. The first kappa shape index (κ1) is 16.8. The average molecular weight is 325 g/mol. The molecule has 3 N–H and O–H groups in total. The number of thiophene rings is 1.